The number of allylic oxidation sites excluding steroid dienone is 1. The highest BCUT2D eigenvalue weighted by Gasteiger charge is 2.47. The van der Waals surface area contributed by atoms with Crippen molar-refractivity contribution in [3.05, 3.63) is 12.2 Å². The Kier molecular flexibility index (Phi) is 3.82. The van der Waals surface area contributed by atoms with Gasteiger partial charge in [0.15, 0.2) is 0 Å². The minimum atomic E-state index is -1.22. The lowest BCUT2D eigenvalue weighted by Gasteiger charge is -2.31. The molecule has 0 unspecified atom stereocenters. The van der Waals surface area contributed by atoms with Crippen LogP contribution in [0.15, 0.2) is 12.2 Å². The van der Waals surface area contributed by atoms with E-state index in [0.29, 0.717) is 12.8 Å². The predicted octanol–water partition coefficient (Wildman–Crippen LogP) is 1.11. The molecule has 5 nitrogen and oxygen atoms in total. The molecule has 0 saturated carbocycles. The molecule has 0 atom stereocenters. The first-order chi connectivity index (χ1) is 7.56. The van der Waals surface area contributed by atoms with E-state index in [0.717, 1.165) is 6.42 Å². The summed E-state index contributed by atoms with van der Waals surface area (Å²) in [6.45, 7) is 3.80. The second kappa shape index (κ2) is 4.92. The summed E-state index contributed by atoms with van der Waals surface area (Å²) >= 11 is 0. The summed E-state index contributed by atoms with van der Waals surface area (Å²) in [7, 11) is 0. The standard InChI is InChI=1S/C11H16N2O3/c1-3-5-7-11(6-4-2)8(14)12-10(16)13-9(11)15/h5,7H,3-4,6H2,1-2H3,(H2,12,13,14,15,16). The van der Waals surface area contributed by atoms with Crippen LogP contribution in [0.1, 0.15) is 33.1 Å². The van der Waals surface area contributed by atoms with Crippen LogP contribution in [-0.2, 0) is 9.59 Å². The first-order valence-corrected chi connectivity index (χ1v) is 5.41. The minimum absolute atomic E-state index is 0.397. The fourth-order valence-corrected chi connectivity index (χ4v) is 1.74. The third-order valence-corrected chi connectivity index (χ3v) is 2.55. The molecule has 4 amide bonds. The molecule has 2 N–H and O–H groups in total. The van der Waals surface area contributed by atoms with E-state index in [4.69, 9.17) is 0 Å². The second-order valence-electron chi connectivity index (χ2n) is 3.77. The normalized spacial score (nSPS) is 19.8. The van der Waals surface area contributed by atoms with Crippen LogP contribution in [0.25, 0.3) is 0 Å². The fraction of sp³-hybridized carbons (Fsp3) is 0.545. The Labute approximate surface area is 94.3 Å². The van der Waals surface area contributed by atoms with E-state index in [9.17, 15) is 14.4 Å². The highest BCUT2D eigenvalue weighted by molar-refractivity contribution is 6.20. The first-order valence-electron chi connectivity index (χ1n) is 5.41. The maximum Gasteiger partial charge on any atom is 0.328 e. The Hall–Kier alpha value is -1.65. The molecule has 1 aliphatic rings. The molecular weight excluding hydrogens is 208 g/mol. The molecule has 0 radical (unpaired) electrons. The van der Waals surface area contributed by atoms with E-state index in [-0.39, 0.29) is 0 Å². The molecule has 0 spiro atoms. The zero-order valence-electron chi connectivity index (χ0n) is 9.50. The third-order valence-electron chi connectivity index (χ3n) is 2.55. The number of barbiturate groups is 1. The van der Waals surface area contributed by atoms with Crippen molar-refractivity contribution in [1.82, 2.24) is 10.6 Å². The number of nitrogens with one attached hydrogen (secondary N) is 2. The smallest absolute Gasteiger partial charge is 0.277 e. The second-order valence-corrected chi connectivity index (χ2v) is 3.77. The lowest BCUT2D eigenvalue weighted by Crippen LogP contribution is -2.61. The summed E-state index contributed by atoms with van der Waals surface area (Å²) in [5.74, 6) is -1.07. The number of imide groups is 2. The van der Waals surface area contributed by atoms with Gasteiger partial charge in [0.05, 0.1) is 0 Å². The van der Waals surface area contributed by atoms with E-state index < -0.39 is 23.3 Å². The van der Waals surface area contributed by atoms with Crippen LogP contribution >= 0.6 is 0 Å². The summed E-state index contributed by atoms with van der Waals surface area (Å²) in [5, 5.41) is 4.27. The molecule has 1 saturated heterocycles. The van der Waals surface area contributed by atoms with Crippen molar-refractivity contribution in [3.63, 3.8) is 0 Å². The number of hydrogen-bond donors (Lipinski definition) is 2. The van der Waals surface area contributed by atoms with Crippen molar-refractivity contribution < 1.29 is 14.4 Å². The van der Waals surface area contributed by atoms with Gasteiger partial charge < -0.3 is 0 Å². The Morgan fingerprint density at radius 3 is 2.12 bits per heavy atom. The summed E-state index contributed by atoms with van der Waals surface area (Å²) in [4.78, 5) is 34.5. The lowest BCUT2D eigenvalue weighted by molar-refractivity contribution is -0.141. The maximum absolute atomic E-state index is 11.8. The SMILES string of the molecule is CCC=CC1(CCC)C(=O)NC(=O)NC1=O. The Morgan fingerprint density at radius 1 is 1.12 bits per heavy atom. The first kappa shape index (κ1) is 12.4. The molecule has 0 aliphatic carbocycles. The van der Waals surface area contributed by atoms with Gasteiger partial charge in [-0.05, 0) is 12.8 Å². The molecule has 0 aromatic carbocycles. The summed E-state index contributed by atoms with van der Waals surface area (Å²) in [5.41, 5.74) is -1.22. The molecule has 1 rings (SSSR count). The van der Waals surface area contributed by atoms with Gasteiger partial charge in [-0.25, -0.2) is 4.79 Å². The van der Waals surface area contributed by atoms with E-state index in [1.165, 1.54) is 0 Å². The number of carbonyl (C=O) groups is 3. The molecule has 5 heteroatoms. The van der Waals surface area contributed by atoms with Gasteiger partial charge in [0.2, 0.25) is 11.8 Å². The van der Waals surface area contributed by atoms with Crippen LogP contribution in [0.5, 0.6) is 0 Å². The molecule has 1 heterocycles. The molecule has 1 fully saturated rings. The molecule has 0 aromatic rings. The Morgan fingerprint density at radius 2 is 1.69 bits per heavy atom. The quantitative estimate of drug-likeness (QED) is 0.554. The van der Waals surface area contributed by atoms with Crippen molar-refractivity contribution >= 4 is 17.8 Å². The van der Waals surface area contributed by atoms with Crippen molar-refractivity contribution in [2.75, 3.05) is 0 Å². The average molecular weight is 224 g/mol. The van der Waals surface area contributed by atoms with E-state index in [2.05, 4.69) is 10.6 Å². The Bertz CT molecular complexity index is 327. The van der Waals surface area contributed by atoms with Gasteiger partial charge in [-0.1, -0.05) is 32.4 Å². The van der Waals surface area contributed by atoms with E-state index in [1.54, 1.807) is 12.2 Å². The van der Waals surface area contributed by atoms with Crippen LogP contribution in [0.3, 0.4) is 0 Å². The molecular formula is C11H16N2O3. The van der Waals surface area contributed by atoms with Gasteiger partial charge in [0.25, 0.3) is 0 Å². The van der Waals surface area contributed by atoms with Crippen LogP contribution < -0.4 is 10.6 Å². The zero-order chi connectivity index (χ0) is 12.2. The highest BCUT2D eigenvalue weighted by atomic mass is 16.2. The molecule has 0 bridgehead atoms. The topological polar surface area (TPSA) is 75.3 Å². The summed E-state index contributed by atoms with van der Waals surface area (Å²) in [6, 6.07) is -0.744. The molecule has 88 valence electrons. The van der Waals surface area contributed by atoms with E-state index in [1.807, 2.05) is 13.8 Å². The van der Waals surface area contributed by atoms with E-state index >= 15 is 0 Å². The maximum atomic E-state index is 11.8. The average Bonchev–Trinajstić information content (AvgIpc) is 2.22. The van der Waals surface area contributed by atoms with Crippen LogP contribution in [-0.4, -0.2) is 17.8 Å². The number of carbonyl (C=O) groups excluding carboxylic acids is 3. The van der Waals surface area contributed by atoms with Gasteiger partial charge in [-0.2, -0.15) is 0 Å². The van der Waals surface area contributed by atoms with Crippen LogP contribution in [0, 0.1) is 5.41 Å². The van der Waals surface area contributed by atoms with Gasteiger partial charge in [0, 0.05) is 0 Å². The van der Waals surface area contributed by atoms with Gasteiger partial charge in [-0.3, -0.25) is 20.2 Å². The number of urea groups is 1. The molecule has 1 aliphatic heterocycles. The number of hydrogen-bond acceptors (Lipinski definition) is 3. The fourth-order valence-electron chi connectivity index (χ4n) is 1.74. The van der Waals surface area contributed by atoms with Crippen molar-refractivity contribution in [1.29, 1.82) is 0 Å². The van der Waals surface area contributed by atoms with Gasteiger partial charge in [-0.15, -0.1) is 0 Å². The zero-order valence-corrected chi connectivity index (χ0v) is 9.50. The third kappa shape index (κ3) is 2.13. The summed E-state index contributed by atoms with van der Waals surface area (Å²) in [6.07, 6.45) is 5.18. The lowest BCUT2D eigenvalue weighted by atomic mass is 9.79. The molecule has 16 heavy (non-hydrogen) atoms. The highest BCUT2D eigenvalue weighted by Crippen LogP contribution is 2.28. The monoisotopic (exact) mass is 224 g/mol. The number of rotatable bonds is 4. The predicted molar refractivity (Wildman–Crippen MR) is 58.5 cm³/mol. The van der Waals surface area contributed by atoms with Crippen molar-refractivity contribution in [2.24, 2.45) is 5.41 Å². The summed E-state index contributed by atoms with van der Waals surface area (Å²) < 4.78 is 0. The van der Waals surface area contributed by atoms with Crippen molar-refractivity contribution in [3.8, 4) is 0 Å². The largest absolute Gasteiger partial charge is 0.328 e. The van der Waals surface area contributed by atoms with Gasteiger partial charge in [0.1, 0.15) is 5.41 Å². The Balaban J connectivity index is 3.06. The number of amides is 4. The van der Waals surface area contributed by atoms with Crippen LogP contribution in [0.4, 0.5) is 4.79 Å². The minimum Gasteiger partial charge on any atom is -0.277 e. The molecule has 0 aromatic heterocycles. The van der Waals surface area contributed by atoms with Gasteiger partial charge >= 0.3 is 6.03 Å². The van der Waals surface area contributed by atoms with Crippen LogP contribution in [0.2, 0.25) is 0 Å². The van der Waals surface area contributed by atoms with Crippen molar-refractivity contribution in [2.45, 2.75) is 33.1 Å².